The molecule has 2 aliphatic heterocycles. The standard InChI is InChI=1S/C19H25N3O3S/c1-13(23)20-10-9-16-17(20)18(24)22(14-6-3-2-4-7-14)19(25)21(16)12-15-8-5-11-26-15/h5,8,11,14,16-17H,2-4,6-7,9-10,12H2,1H3/t16-,17-/m0/s1. The van der Waals surface area contributed by atoms with Gasteiger partial charge in [-0.3, -0.25) is 14.5 Å². The Morgan fingerprint density at radius 3 is 2.62 bits per heavy atom. The molecule has 0 spiro atoms. The van der Waals surface area contributed by atoms with E-state index in [0.717, 1.165) is 37.0 Å². The SMILES string of the molecule is CC(=O)N1CC[C@H]2[C@H]1C(=O)N(C1CCCCC1)C(=O)N2Cc1cccs1. The van der Waals surface area contributed by atoms with E-state index in [1.807, 2.05) is 22.4 Å². The molecule has 0 aromatic carbocycles. The molecule has 4 amide bonds. The molecule has 26 heavy (non-hydrogen) atoms. The molecule has 1 saturated carbocycles. The Morgan fingerprint density at radius 1 is 1.19 bits per heavy atom. The van der Waals surface area contributed by atoms with Crippen LogP contribution in [-0.2, 0) is 16.1 Å². The van der Waals surface area contributed by atoms with Crippen LogP contribution in [0.4, 0.5) is 4.79 Å². The summed E-state index contributed by atoms with van der Waals surface area (Å²) in [6, 6.07) is 3.08. The second-order valence-electron chi connectivity index (χ2n) is 7.50. The molecule has 2 saturated heterocycles. The van der Waals surface area contributed by atoms with Gasteiger partial charge in [0.2, 0.25) is 5.91 Å². The van der Waals surface area contributed by atoms with Gasteiger partial charge in [0.25, 0.3) is 5.91 Å². The van der Waals surface area contributed by atoms with Crippen molar-refractivity contribution in [3.05, 3.63) is 22.4 Å². The summed E-state index contributed by atoms with van der Waals surface area (Å²) in [7, 11) is 0. The summed E-state index contributed by atoms with van der Waals surface area (Å²) >= 11 is 1.62. The van der Waals surface area contributed by atoms with Gasteiger partial charge in [-0.2, -0.15) is 0 Å². The number of imide groups is 1. The second kappa shape index (κ2) is 7.02. The van der Waals surface area contributed by atoms with E-state index in [-0.39, 0.29) is 29.9 Å². The summed E-state index contributed by atoms with van der Waals surface area (Å²) in [6.07, 6.45) is 5.70. The number of likely N-dealkylation sites (tertiary alicyclic amines) is 1. The van der Waals surface area contributed by atoms with Crippen LogP contribution in [0.2, 0.25) is 0 Å². The lowest BCUT2D eigenvalue weighted by molar-refractivity contribution is -0.147. The third kappa shape index (κ3) is 2.92. The van der Waals surface area contributed by atoms with Crippen molar-refractivity contribution >= 4 is 29.2 Å². The van der Waals surface area contributed by atoms with Crippen LogP contribution in [0.3, 0.4) is 0 Å². The molecule has 140 valence electrons. The zero-order valence-corrected chi connectivity index (χ0v) is 15.9. The number of fused-ring (bicyclic) bond motifs is 1. The van der Waals surface area contributed by atoms with Crippen LogP contribution >= 0.6 is 11.3 Å². The summed E-state index contributed by atoms with van der Waals surface area (Å²) in [5.41, 5.74) is 0. The monoisotopic (exact) mass is 375 g/mol. The van der Waals surface area contributed by atoms with Gasteiger partial charge in [0, 0.05) is 24.4 Å². The third-order valence-corrected chi connectivity index (χ3v) is 6.82. The summed E-state index contributed by atoms with van der Waals surface area (Å²) in [5, 5.41) is 2.00. The van der Waals surface area contributed by atoms with Crippen molar-refractivity contribution < 1.29 is 14.4 Å². The maximum atomic E-state index is 13.3. The minimum absolute atomic E-state index is 0.0232. The highest BCUT2D eigenvalue weighted by atomic mass is 32.1. The molecular weight excluding hydrogens is 350 g/mol. The fourth-order valence-electron chi connectivity index (χ4n) is 4.70. The smallest absolute Gasteiger partial charge is 0.327 e. The summed E-state index contributed by atoms with van der Waals surface area (Å²) in [4.78, 5) is 44.8. The van der Waals surface area contributed by atoms with Crippen molar-refractivity contribution in [1.29, 1.82) is 0 Å². The van der Waals surface area contributed by atoms with Gasteiger partial charge in [-0.15, -0.1) is 11.3 Å². The Bertz CT molecular complexity index is 699. The first-order chi connectivity index (χ1) is 12.6. The Kier molecular flexibility index (Phi) is 4.73. The van der Waals surface area contributed by atoms with Crippen molar-refractivity contribution in [1.82, 2.24) is 14.7 Å². The fourth-order valence-corrected chi connectivity index (χ4v) is 5.40. The van der Waals surface area contributed by atoms with E-state index in [1.54, 1.807) is 16.2 Å². The molecule has 6 nitrogen and oxygen atoms in total. The molecule has 0 radical (unpaired) electrons. The van der Waals surface area contributed by atoms with Gasteiger partial charge in [-0.05, 0) is 30.7 Å². The van der Waals surface area contributed by atoms with E-state index in [4.69, 9.17) is 0 Å². The number of amides is 4. The normalized spacial score (nSPS) is 27.2. The number of nitrogens with zero attached hydrogens (tertiary/aromatic N) is 3. The molecule has 0 N–H and O–H groups in total. The van der Waals surface area contributed by atoms with Crippen LogP contribution in [0.1, 0.15) is 50.3 Å². The Morgan fingerprint density at radius 2 is 1.96 bits per heavy atom. The van der Waals surface area contributed by atoms with Gasteiger partial charge in [0.1, 0.15) is 6.04 Å². The summed E-state index contributed by atoms with van der Waals surface area (Å²) < 4.78 is 0. The lowest BCUT2D eigenvalue weighted by atomic mass is 9.92. The minimum Gasteiger partial charge on any atom is -0.329 e. The van der Waals surface area contributed by atoms with Gasteiger partial charge in [-0.1, -0.05) is 25.3 Å². The van der Waals surface area contributed by atoms with Gasteiger partial charge in [0.05, 0.1) is 12.6 Å². The molecule has 3 aliphatic rings. The highest BCUT2D eigenvalue weighted by Crippen LogP contribution is 2.35. The van der Waals surface area contributed by atoms with Crippen molar-refractivity contribution in [2.45, 2.75) is 70.1 Å². The number of hydrogen-bond donors (Lipinski definition) is 0. The number of urea groups is 1. The predicted molar refractivity (Wildman–Crippen MR) is 98.6 cm³/mol. The maximum Gasteiger partial charge on any atom is 0.327 e. The van der Waals surface area contributed by atoms with Crippen molar-refractivity contribution in [2.75, 3.05) is 6.54 Å². The average molecular weight is 375 g/mol. The fraction of sp³-hybridized carbons (Fsp3) is 0.632. The highest BCUT2D eigenvalue weighted by molar-refractivity contribution is 7.09. The number of carbonyl (C=O) groups is 3. The van der Waals surface area contributed by atoms with Gasteiger partial charge >= 0.3 is 6.03 Å². The average Bonchev–Trinajstić information content (AvgIpc) is 3.29. The first kappa shape index (κ1) is 17.5. The quantitative estimate of drug-likeness (QED) is 0.816. The molecule has 0 unspecified atom stereocenters. The van der Waals surface area contributed by atoms with Crippen molar-refractivity contribution in [3.8, 4) is 0 Å². The molecule has 3 fully saturated rings. The third-order valence-electron chi connectivity index (χ3n) is 5.96. The first-order valence-corrected chi connectivity index (χ1v) is 10.4. The molecule has 2 atom stereocenters. The first-order valence-electron chi connectivity index (χ1n) is 9.51. The van der Waals surface area contributed by atoms with Gasteiger partial charge in [0.15, 0.2) is 0 Å². The van der Waals surface area contributed by atoms with Crippen LogP contribution in [0.5, 0.6) is 0 Å². The number of rotatable bonds is 3. The van der Waals surface area contributed by atoms with Gasteiger partial charge < -0.3 is 9.80 Å². The van der Waals surface area contributed by atoms with E-state index in [9.17, 15) is 14.4 Å². The lowest BCUT2D eigenvalue weighted by Crippen LogP contribution is -2.67. The van der Waals surface area contributed by atoms with Crippen molar-refractivity contribution in [3.63, 3.8) is 0 Å². The van der Waals surface area contributed by atoms with E-state index in [0.29, 0.717) is 19.5 Å². The molecule has 4 rings (SSSR count). The van der Waals surface area contributed by atoms with Crippen LogP contribution in [0.25, 0.3) is 0 Å². The van der Waals surface area contributed by atoms with Crippen molar-refractivity contribution in [2.24, 2.45) is 0 Å². The van der Waals surface area contributed by atoms with E-state index in [1.165, 1.54) is 11.8 Å². The molecule has 1 aromatic rings. The molecule has 1 aromatic heterocycles. The maximum absolute atomic E-state index is 13.3. The summed E-state index contributed by atoms with van der Waals surface area (Å²) in [5.74, 6) is -0.248. The lowest BCUT2D eigenvalue weighted by Gasteiger charge is -2.46. The minimum atomic E-state index is -0.521. The molecule has 7 heteroatoms. The van der Waals surface area contributed by atoms with Crippen LogP contribution in [-0.4, -0.2) is 57.2 Å². The Balaban J connectivity index is 1.67. The Labute approximate surface area is 157 Å². The number of hydrogen-bond acceptors (Lipinski definition) is 4. The number of carbonyl (C=O) groups excluding carboxylic acids is 3. The summed E-state index contributed by atoms with van der Waals surface area (Å²) in [6.45, 7) is 2.57. The molecule has 1 aliphatic carbocycles. The van der Waals surface area contributed by atoms with Gasteiger partial charge in [-0.25, -0.2) is 4.79 Å². The molecular formula is C19H25N3O3S. The second-order valence-corrected chi connectivity index (χ2v) is 8.54. The molecule has 0 bridgehead atoms. The zero-order valence-electron chi connectivity index (χ0n) is 15.1. The Hall–Kier alpha value is -1.89. The predicted octanol–water partition coefficient (Wildman–Crippen LogP) is 2.83. The van der Waals surface area contributed by atoms with Crippen LogP contribution in [0, 0.1) is 0 Å². The largest absolute Gasteiger partial charge is 0.329 e. The zero-order chi connectivity index (χ0) is 18.3. The highest BCUT2D eigenvalue weighted by Gasteiger charge is 2.54. The van der Waals surface area contributed by atoms with E-state index < -0.39 is 6.04 Å². The van der Waals surface area contributed by atoms with E-state index in [2.05, 4.69) is 0 Å². The van der Waals surface area contributed by atoms with Crippen LogP contribution in [0.15, 0.2) is 17.5 Å². The topological polar surface area (TPSA) is 60.9 Å². The van der Waals surface area contributed by atoms with E-state index >= 15 is 0 Å². The molecule has 3 heterocycles. The number of thiophene rings is 1. The van der Waals surface area contributed by atoms with Crippen LogP contribution < -0.4 is 0 Å².